The fourth-order valence-corrected chi connectivity index (χ4v) is 5.27. The second-order valence-electron chi connectivity index (χ2n) is 4.66. The predicted octanol–water partition coefficient (Wildman–Crippen LogP) is 2.03. The third-order valence-electron chi connectivity index (χ3n) is 3.26. The first-order valence-electron chi connectivity index (χ1n) is 6.35. The second-order valence-corrected chi connectivity index (χ2v) is 7.69. The van der Waals surface area contributed by atoms with Gasteiger partial charge >= 0.3 is 0 Å². The minimum Gasteiger partial charge on any atom is -0.313 e. The number of thiophene rings is 1. The van der Waals surface area contributed by atoms with E-state index in [9.17, 15) is 8.42 Å². The Balaban J connectivity index is 2.17. The minimum atomic E-state index is -3.27. The zero-order chi connectivity index (χ0) is 13.2. The summed E-state index contributed by atoms with van der Waals surface area (Å²) in [6.45, 7) is 6.30. The molecule has 6 heteroatoms. The van der Waals surface area contributed by atoms with E-state index in [1.807, 2.05) is 19.2 Å². The van der Waals surface area contributed by atoms with Crippen molar-refractivity contribution in [3.8, 4) is 0 Å². The Bertz CT molecular complexity index is 496. The molecule has 1 aliphatic rings. The highest BCUT2D eigenvalue weighted by molar-refractivity contribution is 7.91. The van der Waals surface area contributed by atoms with E-state index < -0.39 is 10.0 Å². The van der Waals surface area contributed by atoms with Gasteiger partial charge in [-0.25, -0.2) is 8.42 Å². The molecule has 0 spiro atoms. The molecule has 1 N–H and O–H groups in total. The van der Waals surface area contributed by atoms with Gasteiger partial charge in [-0.2, -0.15) is 4.31 Å². The molecule has 2 heterocycles. The van der Waals surface area contributed by atoms with Crippen LogP contribution in [0, 0.1) is 0 Å². The summed E-state index contributed by atoms with van der Waals surface area (Å²) in [5.74, 6) is 0. The van der Waals surface area contributed by atoms with Gasteiger partial charge in [0.15, 0.2) is 0 Å². The Morgan fingerprint density at radius 2 is 2.33 bits per heavy atom. The highest BCUT2D eigenvalue weighted by Crippen LogP contribution is 2.29. The molecule has 1 aromatic rings. The largest absolute Gasteiger partial charge is 0.313 e. The maximum absolute atomic E-state index is 12.4. The first-order chi connectivity index (χ1) is 8.55. The summed E-state index contributed by atoms with van der Waals surface area (Å²) >= 11 is 1.33. The van der Waals surface area contributed by atoms with Crippen molar-refractivity contribution in [1.29, 1.82) is 0 Å². The third kappa shape index (κ3) is 2.77. The van der Waals surface area contributed by atoms with Gasteiger partial charge in [-0.1, -0.05) is 6.92 Å². The first-order valence-corrected chi connectivity index (χ1v) is 8.67. The SMILES string of the molecule is CCNCc1csc(S(=O)(=O)N2CCCC2C)c1. The van der Waals surface area contributed by atoms with Gasteiger partial charge < -0.3 is 5.32 Å². The van der Waals surface area contributed by atoms with Crippen LogP contribution in [-0.4, -0.2) is 31.9 Å². The van der Waals surface area contributed by atoms with E-state index >= 15 is 0 Å². The van der Waals surface area contributed by atoms with E-state index in [0.29, 0.717) is 10.8 Å². The van der Waals surface area contributed by atoms with Crippen LogP contribution in [0.2, 0.25) is 0 Å². The van der Waals surface area contributed by atoms with Crippen molar-refractivity contribution in [3.63, 3.8) is 0 Å². The smallest absolute Gasteiger partial charge is 0.252 e. The van der Waals surface area contributed by atoms with Crippen molar-refractivity contribution in [1.82, 2.24) is 9.62 Å². The van der Waals surface area contributed by atoms with Gasteiger partial charge in [-0.3, -0.25) is 0 Å². The average Bonchev–Trinajstić information content (AvgIpc) is 2.95. The molecule has 4 nitrogen and oxygen atoms in total. The van der Waals surface area contributed by atoms with Gasteiger partial charge in [-0.05, 0) is 43.3 Å². The van der Waals surface area contributed by atoms with Crippen LogP contribution in [0.15, 0.2) is 15.7 Å². The van der Waals surface area contributed by atoms with Gasteiger partial charge in [-0.15, -0.1) is 11.3 Å². The van der Waals surface area contributed by atoms with Crippen LogP contribution in [-0.2, 0) is 16.6 Å². The van der Waals surface area contributed by atoms with E-state index in [2.05, 4.69) is 5.32 Å². The molecule has 1 unspecified atom stereocenters. The summed E-state index contributed by atoms with van der Waals surface area (Å²) in [5, 5.41) is 5.13. The zero-order valence-electron chi connectivity index (χ0n) is 10.8. The van der Waals surface area contributed by atoms with Crippen molar-refractivity contribution in [2.45, 2.75) is 43.5 Å². The predicted molar refractivity (Wildman–Crippen MR) is 74.3 cm³/mol. The Morgan fingerprint density at radius 1 is 1.56 bits per heavy atom. The van der Waals surface area contributed by atoms with Gasteiger partial charge in [0, 0.05) is 19.1 Å². The highest BCUT2D eigenvalue weighted by Gasteiger charge is 2.33. The van der Waals surface area contributed by atoms with E-state index in [1.54, 1.807) is 10.4 Å². The molecule has 1 atom stereocenters. The lowest BCUT2D eigenvalue weighted by atomic mass is 10.3. The number of nitrogens with zero attached hydrogens (tertiary/aromatic N) is 1. The molecule has 1 fully saturated rings. The first kappa shape index (κ1) is 14.0. The quantitative estimate of drug-likeness (QED) is 0.902. The van der Waals surface area contributed by atoms with E-state index in [1.165, 1.54) is 11.3 Å². The van der Waals surface area contributed by atoms with Gasteiger partial charge in [0.05, 0.1) is 0 Å². The molecule has 1 saturated heterocycles. The lowest BCUT2D eigenvalue weighted by Gasteiger charge is -2.19. The summed E-state index contributed by atoms with van der Waals surface area (Å²) in [6, 6.07) is 1.93. The van der Waals surface area contributed by atoms with Crippen LogP contribution in [0.25, 0.3) is 0 Å². The van der Waals surface area contributed by atoms with E-state index in [-0.39, 0.29) is 6.04 Å². The molecule has 0 bridgehead atoms. The maximum Gasteiger partial charge on any atom is 0.252 e. The molecule has 2 rings (SSSR count). The molecule has 0 radical (unpaired) electrons. The topological polar surface area (TPSA) is 49.4 Å². The normalized spacial score (nSPS) is 21.6. The van der Waals surface area contributed by atoms with Crippen LogP contribution < -0.4 is 5.32 Å². The maximum atomic E-state index is 12.4. The van der Waals surface area contributed by atoms with E-state index in [0.717, 1.165) is 31.5 Å². The molecule has 0 saturated carbocycles. The summed E-state index contributed by atoms with van der Waals surface area (Å²) < 4.78 is 27.0. The summed E-state index contributed by atoms with van der Waals surface area (Å²) in [6.07, 6.45) is 1.94. The standard InChI is InChI=1S/C12H20N2O2S2/c1-3-13-8-11-7-12(17-9-11)18(15,16)14-6-4-5-10(14)2/h7,9-10,13H,3-6,8H2,1-2H3. The lowest BCUT2D eigenvalue weighted by Crippen LogP contribution is -2.33. The Morgan fingerprint density at radius 3 is 2.94 bits per heavy atom. The number of sulfonamides is 1. The minimum absolute atomic E-state index is 0.134. The van der Waals surface area contributed by atoms with E-state index in [4.69, 9.17) is 0 Å². The molecule has 102 valence electrons. The molecule has 0 aromatic carbocycles. The lowest BCUT2D eigenvalue weighted by molar-refractivity contribution is 0.409. The molecule has 0 amide bonds. The molecule has 1 aliphatic heterocycles. The Labute approximate surface area is 113 Å². The summed E-state index contributed by atoms with van der Waals surface area (Å²) in [5.41, 5.74) is 1.05. The van der Waals surface area contributed by atoms with Crippen LogP contribution in [0.3, 0.4) is 0 Å². The van der Waals surface area contributed by atoms with Crippen LogP contribution in [0.1, 0.15) is 32.3 Å². The van der Waals surface area contributed by atoms with Crippen molar-refractivity contribution in [3.05, 3.63) is 17.0 Å². The van der Waals surface area contributed by atoms with Crippen molar-refractivity contribution in [2.75, 3.05) is 13.1 Å². The van der Waals surface area contributed by atoms with Crippen molar-refractivity contribution in [2.24, 2.45) is 0 Å². The van der Waals surface area contributed by atoms with Gasteiger partial charge in [0.25, 0.3) is 10.0 Å². The summed E-state index contributed by atoms with van der Waals surface area (Å²) in [7, 11) is -3.27. The average molecular weight is 288 g/mol. The number of hydrogen-bond donors (Lipinski definition) is 1. The Kier molecular flexibility index (Phi) is 4.42. The van der Waals surface area contributed by atoms with Gasteiger partial charge in [0.1, 0.15) is 4.21 Å². The zero-order valence-corrected chi connectivity index (χ0v) is 12.5. The highest BCUT2D eigenvalue weighted by atomic mass is 32.2. The Hall–Kier alpha value is -0.430. The molecular formula is C12H20N2O2S2. The van der Waals surface area contributed by atoms with Gasteiger partial charge in [0.2, 0.25) is 0 Å². The number of nitrogens with one attached hydrogen (secondary N) is 1. The van der Waals surface area contributed by atoms with Crippen molar-refractivity contribution < 1.29 is 8.42 Å². The fourth-order valence-electron chi connectivity index (χ4n) is 2.23. The summed E-state index contributed by atoms with van der Waals surface area (Å²) in [4.78, 5) is 0. The molecule has 0 aliphatic carbocycles. The van der Waals surface area contributed by atoms with Crippen LogP contribution in [0.4, 0.5) is 0 Å². The number of rotatable bonds is 5. The van der Waals surface area contributed by atoms with Crippen molar-refractivity contribution >= 4 is 21.4 Å². The molecule has 1 aromatic heterocycles. The molecule has 18 heavy (non-hydrogen) atoms. The van der Waals surface area contributed by atoms with Crippen LogP contribution >= 0.6 is 11.3 Å². The molecular weight excluding hydrogens is 268 g/mol. The fraction of sp³-hybridized carbons (Fsp3) is 0.667. The van der Waals surface area contributed by atoms with Crippen LogP contribution in [0.5, 0.6) is 0 Å². The third-order valence-corrected chi connectivity index (χ3v) is 6.74. The number of hydrogen-bond acceptors (Lipinski definition) is 4. The monoisotopic (exact) mass is 288 g/mol. The second kappa shape index (κ2) is 5.69.